The van der Waals surface area contributed by atoms with E-state index < -0.39 is 0 Å². The van der Waals surface area contributed by atoms with Crippen molar-refractivity contribution in [3.63, 3.8) is 0 Å². The van der Waals surface area contributed by atoms with Crippen molar-refractivity contribution in [3.8, 4) is 5.69 Å². The second-order valence-electron chi connectivity index (χ2n) is 5.74. The third-order valence-electron chi connectivity index (χ3n) is 4.08. The average molecular weight is 336 g/mol. The molecule has 8 nitrogen and oxygen atoms in total. The van der Waals surface area contributed by atoms with Crippen LogP contribution in [0.1, 0.15) is 11.5 Å². The van der Waals surface area contributed by atoms with Gasteiger partial charge in [-0.1, -0.05) is 18.2 Å². The van der Waals surface area contributed by atoms with Crippen molar-refractivity contribution in [2.45, 2.75) is 20.4 Å². The van der Waals surface area contributed by atoms with Crippen molar-refractivity contribution < 1.29 is 5.11 Å². The lowest BCUT2D eigenvalue weighted by Gasteiger charge is -2.08. The predicted molar refractivity (Wildman–Crippen MR) is 92.8 cm³/mol. The van der Waals surface area contributed by atoms with E-state index in [-0.39, 0.29) is 29.9 Å². The number of para-hydroxylation sites is 1. The Labute approximate surface area is 142 Å². The van der Waals surface area contributed by atoms with Crippen LogP contribution in [0.4, 0.5) is 0 Å². The number of fused-ring (bicyclic) bond motifs is 2. The first-order chi connectivity index (χ1) is 12.1. The number of benzene rings is 1. The molecule has 0 unspecified atom stereocenters. The zero-order chi connectivity index (χ0) is 17.6. The monoisotopic (exact) mass is 336 g/mol. The van der Waals surface area contributed by atoms with Crippen LogP contribution in [0.15, 0.2) is 35.1 Å². The van der Waals surface area contributed by atoms with Crippen molar-refractivity contribution in [1.29, 1.82) is 0 Å². The number of hydrogen-bond donors (Lipinski definition) is 1. The fraction of sp³-hybridized carbons (Fsp3) is 0.235. The van der Waals surface area contributed by atoms with Gasteiger partial charge in [-0.2, -0.15) is 5.10 Å². The molecule has 1 aromatic carbocycles. The average Bonchev–Trinajstić information content (AvgIpc) is 2.94. The number of aryl methyl sites for hydroxylation is 2. The summed E-state index contributed by atoms with van der Waals surface area (Å²) in [6.07, 6.45) is 0. The molecule has 0 saturated heterocycles. The second kappa shape index (κ2) is 5.75. The molecule has 3 aromatic heterocycles. The van der Waals surface area contributed by atoms with E-state index >= 15 is 0 Å². The van der Waals surface area contributed by atoms with E-state index in [2.05, 4.69) is 20.1 Å². The van der Waals surface area contributed by atoms with Crippen LogP contribution in [0.3, 0.4) is 0 Å². The summed E-state index contributed by atoms with van der Waals surface area (Å²) in [6.45, 7) is 3.57. The smallest absolute Gasteiger partial charge is 0.281 e. The number of aliphatic hydroxyl groups excluding tert-OH is 1. The number of nitrogens with zero attached hydrogens (tertiary/aromatic N) is 6. The number of rotatable bonds is 3. The van der Waals surface area contributed by atoms with Crippen molar-refractivity contribution in [2.75, 3.05) is 6.61 Å². The van der Waals surface area contributed by atoms with Crippen LogP contribution in [-0.2, 0) is 6.54 Å². The first-order valence-corrected chi connectivity index (χ1v) is 7.91. The van der Waals surface area contributed by atoms with E-state index in [9.17, 15) is 4.79 Å². The van der Waals surface area contributed by atoms with E-state index in [0.717, 1.165) is 5.69 Å². The van der Waals surface area contributed by atoms with Crippen LogP contribution < -0.4 is 5.56 Å². The molecule has 0 spiro atoms. The molecular formula is C17H16N6O2. The third kappa shape index (κ3) is 2.38. The van der Waals surface area contributed by atoms with Crippen LogP contribution >= 0.6 is 0 Å². The molecule has 0 aliphatic rings. The van der Waals surface area contributed by atoms with Gasteiger partial charge in [0.05, 0.1) is 24.5 Å². The number of aromatic nitrogens is 6. The van der Waals surface area contributed by atoms with E-state index in [4.69, 9.17) is 5.11 Å². The Kier molecular flexibility index (Phi) is 3.54. The topological polar surface area (TPSA) is 98.7 Å². The summed E-state index contributed by atoms with van der Waals surface area (Å²) in [5.41, 5.74) is 2.82. The van der Waals surface area contributed by atoms with Gasteiger partial charge in [-0.15, -0.1) is 0 Å². The molecule has 0 amide bonds. The van der Waals surface area contributed by atoms with Gasteiger partial charge in [0.25, 0.3) is 5.56 Å². The molecule has 4 aromatic rings. The van der Waals surface area contributed by atoms with Gasteiger partial charge in [0, 0.05) is 0 Å². The maximum atomic E-state index is 12.7. The van der Waals surface area contributed by atoms with Crippen LogP contribution in [0.2, 0.25) is 0 Å². The Morgan fingerprint density at radius 1 is 1.04 bits per heavy atom. The van der Waals surface area contributed by atoms with E-state index in [0.29, 0.717) is 22.7 Å². The number of aliphatic hydroxyl groups is 1. The van der Waals surface area contributed by atoms with Gasteiger partial charge in [0.1, 0.15) is 11.3 Å². The first kappa shape index (κ1) is 15.4. The summed E-state index contributed by atoms with van der Waals surface area (Å²) in [5.74, 6) is 0.489. The SMILES string of the molecule is Cc1nn(-c2ccccc2)c2nc3nc(C)n(CCO)c(=O)c3nc12. The molecule has 8 heteroatoms. The summed E-state index contributed by atoms with van der Waals surface area (Å²) >= 11 is 0. The van der Waals surface area contributed by atoms with Gasteiger partial charge in [0.15, 0.2) is 16.8 Å². The lowest BCUT2D eigenvalue weighted by molar-refractivity contribution is 0.272. The van der Waals surface area contributed by atoms with E-state index in [1.807, 2.05) is 37.3 Å². The van der Waals surface area contributed by atoms with E-state index in [1.54, 1.807) is 11.6 Å². The summed E-state index contributed by atoms with van der Waals surface area (Å²) in [4.78, 5) is 26.1. The highest BCUT2D eigenvalue weighted by Crippen LogP contribution is 2.20. The standard InChI is InChI=1S/C17H16N6O2/c1-10-13-16(23(21-10)12-6-4-3-5-7-12)20-15-14(19-13)17(25)22(8-9-24)11(2)18-15/h3-7,24H,8-9H2,1-2H3. The highest BCUT2D eigenvalue weighted by Gasteiger charge is 2.17. The highest BCUT2D eigenvalue weighted by atomic mass is 16.3. The van der Waals surface area contributed by atoms with Gasteiger partial charge in [-0.25, -0.2) is 19.6 Å². The Morgan fingerprint density at radius 3 is 2.52 bits per heavy atom. The van der Waals surface area contributed by atoms with Crippen LogP contribution in [0, 0.1) is 13.8 Å². The Bertz CT molecular complexity index is 1150. The molecule has 3 heterocycles. The van der Waals surface area contributed by atoms with Gasteiger partial charge >= 0.3 is 0 Å². The lowest BCUT2D eigenvalue weighted by Crippen LogP contribution is -2.26. The molecule has 0 fully saturated rings. The van der Waals surface area contributed by atoms with Gasteiger partial charge in [0.2, 0.25) is 0 Å². The summed E-state index contributed by atoms with van der Waals surface area (Å²) < 4.78 is 3.10. The molecular weight excluding hydrogens is 320 g/mol. The fourth-order valence-electron chi connectivity index (χ4n) is 2.88. The van der Waals surface area contributed by atoms with Crippen LogP contribution in [0.25, 0.3) is 28.0 Å². The third-order valence-corrected chi connectivity index (χ3v) is 4.08. The molecule has 0 atom stereocenters. The minimum Gasteiger partial charge on any atom is -0.395 e. The zero-order valence-electron chi connectivity index (χ0n) is 13.8. The minimum absolute atomic E-state index is 0.144. The van der Waals surface area contributed by atoms with Crippen molar-refractivity contribution >= 4 is 22.3 Å². The molecule has 0 radical (unpaired) electrons. The quantitative estimate of drug-likeness (QED) is 0.602. The Balaban J connectivity index is 2.06. The predicted octanol–water partition coefficient (Wildman–Crippen LogP) is 1.13. The molecule has 126 valence electrons. The summed E-state index contributed by atoms with van der Waals surface area (Å²) in [6, 6.07) is 9.62. The maximum Gasteiger partial charge on any atom is 0.281 e. The molecule has 25 heavy (non-hydrogen) atoms. The summed E-state index contributed by atoms with van der Waals surface area (Å²) in [5, 5.41) is 13.7. The molecule has 0 aliphatic heterocycles. The number of hydrogen-bond acceptors (Lipinski definition) is 6. The Hall–Kier alpha value is -3.13. The zero-order valence-corrected chi connectivity index (χ0v) is 13.8. The van der Waals surface area contributed by atoms with Crippen molar-refractivity contribution in [1.82, 2.24) is 29.3 Å². The van der Waals surface area contributed by atoms with Crippen molar-refractivity contribution in [2.24, 2.45) is 0 Å². The lowest BCUT2D eigenvalue weighted by atomic mass is 10.3. The van der Waals surface area contributed by atoms with Crippen LogP contribution in [-0.4, -0.2) is 41.0 Å². The van der Waals surface area contributed by atoms with Gasteiger partial charge in [-0.05, 0) is 26.0 Å². The minimum atomic E-state index is -0.308. The van der Waals surface area contributed by atoms with Crippen molar-refractivity contribution in [3.05, 3.63) is 52.2 Å². The summed E-state index contributed by atoms with van der Waals surface area (Å²) in [7, 11) is 0. The highest BCUT2D eigenvalue weighted by molar-refractivity contribution is 5.84. The molecule has 0 aliphatic carbocycles. The van der Waals surface area contributed by atoms with Crippen LogP contribution in [0.5, 0.6) is 0 Å². The first-order valence-electron chi connectivity index (χ1n) is 7.91. The molecule has 0 bridgehead atoms. The largest absolute Gasteiger partial charge is 0.395 e. The van der Waals surface area contributed by atoms with Gasteiger partial charge in [-0.3, -0.25) is 9.36 Å². The Morgan fingerprint density at radius 2 is 1.80 bits per heavy atom. The second-order valence-corrected chi connectivity index (χ2v) is 5.74. The molecule has 1 N–H and O–H groups in total. The van der Waals surface area contributed by atoms with E-state index in [1.165, 1.54) is 4.57 Å². The molecule has 4 rings (SSSR count). The molecule has 0 saturated carbocycles. The fourth-order valence-corrected chi connectivity index (χ4v) is 2.88. The normalized spacial score (nSPS) is 11.5. The maximum absolute atomic E-state index is 12.7. The van der Waals surface area contributed by atoms with Gasteiger partial charge < -0.3 is 5.11 Å².